The quantitative estimate of drug-likeness (QED) is 0.703. The minimum atomic E-state index is -0.574. The predicted molar refractivity (Wildman–Crippen MR) is 104 cm³/mol. The minimum Gasteiger partial charge on any atom is -0.345 e. The number of hydrogen-bond donors (Lipinski definition) is 2. The molecule has 1 amide bonds. The molecule has 1 unspecified atom stereocenters. The molecule has 0 spiro atoms. The highest BCUT2D eigenvalue weighted by molar-refractivity contribution is 5.96. The number of nitrogens with zero attached hydrogens (tertiary/aromatic N) is 3. The summed E-state index contributed by atoms with van der Waals surface area (Å²) in [6.45, 7) is 4.15. The van der Waals surface area contributed by atoms with Crippen LogP contribution in [0.15, 0.2) is 46.1 Å². The Balaban J connectivity index is 1.90. The molecule has 8 nitrogen and oxygen atoms in total. The molecule has 0 saturated heterocycles. The minimum absolute atomic E-state index is 0.187. The maximum absolute atomic E-state index is 12.6. The van der Waals surface area contributed by atoms with Crippen molar-refractivity contribution in [1.82, 2.24) is 19.9 Å². The fourth-order valence-corrected chi connectivity index (χ4v) is 2.93. The van der Waals surface area contributed by atoms with E-state index in [4.69, 9.17) is 5.26 Å². The first kappa shape index (κ1) is 19.0. The molecule has 1 aromatic carbocycles. The van der Waals surface area contributed by atoms with E-state index >= 15 is 0 Å². The largest absolute Gasteiger partial charge is 0.345 e. The van der Waals surface area contributed by atoms with E-state index in [-0.39, 0.29) is 28.5 Å². The SMILES string of the molecule is CCCn1c(=O)[nH]c(=O)c2cc(C(=O)NC(C)c3ccc(C#N)cc3)cnc21. The average Bonchev–Trinajstić information content (AvgIpc) is 2.70. The normalized spacial score (nSPS) is 11.8. The van der Waals surface area contributed by atoms with Gasteiger partial charge in [-0.25, -0.2) is 9.78 Å². The molecule has 142 valence electrons. The van der Waals surface area contributed by atoms with E-state index in [0.717, 1.165) is 5.56 Å². The summed E-state index contributed by atoms with van der Waals surface area (Å²) in [4.78, 5) is 43.2. The molecule has 8 heteroatoms. The third kappa shape index (κ3) is 3.69. The topological polar surface area (TPSA) is 121 Å². The number of rotatable bonds is 5. The van der Waals surface area contributed by atoms with Gasteiger partial charge in [-0.1, -0.05) is 19.1 Å². The monoisotopic (exact) mass is 377 g/mol. The second-order valence-corrected chi connectivity index (χ2v) is 6.44. The van der Waals surface area contributed by atoms with Crippen molar-refractivity contribution in [2.24, 2.45) is 0 Å². The molecule has 0 fully saturated rings. The first-order valence-electron chi connectivity index (χ1n) is 8.88. The van der Waals surface area contributed by atoms with Crippen LogP contribution < -0.4 is 16.6 Å². The van der Waals surface area contributed by atoms with Crippen molar-refractivity contribution in [1.29, 1.82) is 5.26 Å². The number of pyridine rings is 1. The number of nitrogens with one attached hydrogen (secondary N) is 2. The van der Waals surface area contributed by atoms with E-state index in [1.807, 2.05) is 19.9 Å². The van der Waals surface area contributed by atoms with Gasteiger partial charge in [0.2, 0.25) is 0 Å². The Hall–Kier alpha value is -3.73. The summed E-state index contributed by atoms with van der Waals surface area (Å²) >= 11 is 0. The van der Waals surface area contributed by atoms with E-state index in [9.17, 15) is 14.4 Å². The van der Waals surface area contributed by atoms with Crippen LogP contribution >= 0.6 is 0 Å². The standard InChI is InChI=1S/C20H19N5O3/c1-3-8-25-17-16(19(27)24-20(25)28)9-15(11-22-17)18(26)23-12(2)14-6-4-13(10-21)5-7-14/h4-7,9,11-12H,3,8H2,1-2H3,(H,23,26)(H,24,27,28). The molecule has 2 heterocycles. The number of carbonyl (C=O) groups is 1. The van der Waals surface area contributed by atoms with Gasteiger partial charge in [0.25, 0.3) is 11.5 Å². The first-order chi connectivity index (χ1) is 13.4. The molecule has 0 saturated carbocycles. The first-order valence-corrected chi connectivity index (χ1v) is 8.88. The van der Waals surface area contributed by atoms with Crippen molar-refractivity contribution in [3.63, 3.8) is 0 Å². The van der Waals surface area contributed by atoms with Crippen LogP contribution in [0.1, 0.15) is 47.8 Å². The van der Waals surface area contributed by atoms with Crippen LogP contribution in [-0.2, 0) is 6.54 Å². The van der Waals surface area contributed by atoms with Crippen molar-refractivity contribution in [3.05, 3.63) is 74.1 Å². The highest BCUT2D eigenvalue weighted by Gasteiger charge is 2.15. The highest BCUT2D eigenvalue weighted by Crippen LogP contribution is 2.15. The van der Waals surface area contributed by atoms with Crippen molar-refractivity contribution in [3.8, 4) is 6.07 Å². The maximum atomic E-state index is 12.6. The van der Waals surface area contributed by atoms with E-state index in [0.29, 0.717) is 18.5 Å². The van der Waals surface area contributed by atoms with Gasteiger partial charge in [0.15, 0.2) is 0 Å². The zero-order valence-electron chi connectivity index (χ0n) is 15.5. The van der Waals surface area contributed by atoms with E-state index < -0.39 is 11.2 Å². The van der Waals surface area contributed by atoms with Crippen LogP contribution in [-0.4, -0.2) is 20.4 Å². The lowest BCUT2D eigenvalue weighted by Gasteiger charge is -2.15. The Morgan fingerprint density at radius 2 is 2.04 bits per heavy atom. The summed E-state index contributed by atoms with van der Waals surface area (Å²) in [6, 6.07) is 10.1. The van der Waals surface area contributed by atoms with Gasteiger partial charge in [0.05, 0.1) is 28.6 Å². The summed E-state index contributed by atoms with van der Waals surface area (Å²) in [5.41, 5.74) is 0.773. The number of H-pyrrole nitrogens is 1. The van der Waals surface area contributed by atoms with Gasteiger partial charge < -0.3 is 5.32 Å². The number of aromatic amines is 1. The van der Waals surface area contributed by atoms with Crippen LogP contribution in [0.25, 0.3) is 11.0 Å². The Morgan fingerprint density at radius 3 is 2.68 bits per heavy atom. The number of fused-ring (bicyclic) bond motifs is 1. The van der Waals surface area contributed by atoms with E-state index in [1.54, 1.807) is 24.3 Å². The summed E-state index contributed by atoms with van der Waals surface area (Å²) in [5.74, 6) is -0.390. The predicted octanol–water partition coefficient (Wildman–Crippen LogP) is 1.86. The molecule has 0 bridgehead atoms. The maximum Gasteiger partial charge on any atom is 0.329 e. The van der Waals surface area contributed by atoms with E-state index in [2.05, 4.69) is 15.3 Å². The zero-order chi connectivity index (χ0) is 20.3. The third-order valence-corrected chi connectivity index (χ3v) is 4.43. The molecule has 0 radical (unpaired) electrons. The average molecular weight is 377 g/mol. The smallest absolute Gasteiger partial charge is 0.329 e. The molecule has 2 aromatic heterocycles. The lowest BCUT2D eigenvalue weighted by Crippen LogP contribution is -2.31. The zero-order valence-corrected chi connectivity index (χ0v) is 15.5. The lowest BCUT2D eigenvalue weighted by molar-refractivity contribution is 0.0939. The van der Waals surface area contributed by atoms with Crippen molar-refractivity contribution in [2.75, 3.05) is 0 Å². The number of benzene rings is 1. The second kappa shape index (κ2) is 7.88. The molecule has 0 aliphatic carbocycles. The molecule has 1 atom stereocenters. The van der Waals surface area contributed by atoms with Crippen molar-refractivity contribution >= 4 is 16.9 Å². The molecule has 3 aromatic rings. The highest BCUT2D eigenvalue weighted by atomic mass is 16.2. The van der Waals surface area contributed by atoms with Crippen LogP contribution in [0, 0.1) is 11.3 Å². The van der Waals surface area contributed by atoms with Crippen molar-refractivity contribution in [2.45, 2.75) is 32.9 Å². The Kier molecular flexibility index (Phi) is 5.36. The van der Waals surface area contributed by atoms with Gasteiger partial charge in [-0.05, 0) is 37.1 Å². The molecule has 0 aliphatic heterocycles. The Morgan fingerprint density at radius 1 is 1.32 bits per heavy atom. The van der Waals surface area contributed by atoms with Crippen LogP contribution in [0.5, 0.6) is 0 Å². The van der Waals surface area contributed by atoms with E-state index in [1.165, 1.54) is 16.8 Å². The Bertz CT molecular complexity index is 1190. The molecule has 28 heavy (non-hydrogen) atoms. The van der Waals surface area contributed by atoms with Gasteiger partial charge in [-0.2, -0.15) is 5.26 Å². The van der Waals surface area contributed by atoms with Crippen molar-refractivity contribution < 1.29 is 4.79 Å². The lowest BCUT2D eigenvalue weighted by atomic mass is 10.1. The van der Waals surface area contributed by atoms with Crippen LogP contribution in [0.3, 0.4) is 0 Å². The number of aryl methyl sites for hydroxylation is 1. The molecular weight excluding hydrogens is 358 g/mol. The molecule has 3 rings (SSSR count). The fraction of sp³-hybridized carbons (Fsp3) is 0.250. The van der Waals surface area contributed by atoms with Gasteiger partial charge in [0.1, 0.15) is 5.65 Å². The van der Waals surface area contributed by atoms with Gasteiger partial charge >= 0.3 is 5.69 Å². The molecular formula is C20H19N5O3. The number of nitriles is 1. The number of hydrogen-bond acceptors (Lipinski definition) is 5. The summed E-state index contributed by atoms with van der Waals surface area (Å²) in [7, 11) is 0. The third-order valence-electron chi connectivity index (χ3n) is 4.43. The van der Waals surface area contributed by atoms with Gasteiger partial charge in [-0.3, -0.25) is 19.1 Å². The van der Waals surface area contributed by atoms with Crippen LogP contribution in [0.2, 0.25) is 0 Å². The summed E-state index contributed by atoms with van der Waals surface area (Å²) < 4.78 is 1.39. The molecule has 0 aliphatic rings. The second-order valence-electron chi connectivity index (χ2n) is 6.44. The number of amides is 1. The Labute approximate surface area is 160 Å². The van der Waals surface area contributed by atoms with Crippen LogP contribution in [0.4, 0.5) is 0 Å². The van der Waals surface area contributed by atoms with Gasteiger partial charge in [0, 0.05) is 12.7 Å². The number of carbonyl (C=O) groups excluding carboxylic acids is 1. The summed E-state index contributed by atoms with van der Waals surface area (Å²) in [5, 5.41) is 11.9. The summed E-state index contributed by atoms with van der Waals surface area (Å²) in [6.07, 6.45) is 2.06. The molecule has 2 N–H and O–H groups in total. The fourth-order valence-electron chi connectivity index (χ4n) is 2.93. The van der Waals surface area contributed by atoms with Gasteiger partial charge in [-0.15, -0.1) is 0 Å². The number of aromatic nitrogens is 3.